The number of anilines is 1. The highest BCUT2D eigenvalue weighted by atomic mass is 32.1. The maximum atomic E-state index is 12.1. The van der Waals surface area contributed by atoms with Crippen LogP contribution < -0.4 is 10.2 Å². The van der Waals surface area contributed by atoms with Crippen molar-refractivity contribution in [2.75, 3.05) is 18.0 Å². The van der Waals surface area contributed by atoms with Gasteiger partial charge in [-0.2, -0.15) is 4.98 Å². The second-order valence-electron chi connectivity index (χ2n) is 5.44. The minimum Gasteiger partial charge on any atom is -0.347 e. The first-order valence-corrected chi connectivity index (χ1v) is 7.35. The Kier molecular flexibility index (Phi) is 2.17. The molecule has 2 fully saturated rings. The number of hydrogen-bond donors (Lipinski definition) is 1. The summed E-state index contributed by atoms with van der Waals surface area (Å²) in [7, 11) is 0. The van der Waals surface area contributed by atoms with Crippen LogP contribution in [0.4, 0.5) is 5.13 Å². The Balaban J connectivity index is 1.65. The molecule has 1 spiro atoms. The standard InChI is InChI=1S/C14H14N4OS/c1-9-7-14(12(19)16-9)4-6-18(8-14)13-17-11-10(20-13)3-2-5-15-11/h2-3,5H,1,4,6-8H2,(H,16,19)/i2T. The van der Waals surface area contributed by atoms with Gasteiger partial charge in [-0.1, -0.05) is 17.9 Å². The van der Waals surface area contributed by atoms with E-state index < -0.39 is 0 Å². The summed E-state index contributed by atoms with van der Waals surface area (Å²) in [5.41, 5.74) is 1.14. The Bertz CT molecular complexity index is 773. The minimum absolute atomic E-state index is 0.0858. The van der Waals surface area contributed by atoms with E-state index in [0.717, 1.165) is 28.5 Å². The molecule has 0 bridgehead atoms. The van der Waals surface area contributed by atoms with Gasteiger partial charge in [0.1, 0.15) is 0 Å². The van der Waals surface area contributed by atoms with Crippen LogP contribution in [0, 0.1) is 5.41 Å². The lowest BCUT2D eigenvalue weighted by molar-refractivity contribution is -0.126. The molecule has 2 aliphatic heterocycles. The van der Waals surface area contributed by atoms with Crippen LogP contribution in [0.15, 0.2) is 30.6 Å². The molecular formula is C14H14N4OS. The van der Waals surface area contributed by atoms with E-state index in [1.165, 1.54) is 17.5 Å². The molecule has 20 heavy (non-hydrogen) atoms. The number of amides is 1. The molecular weight excluding hydrogens is 272 g/mol. The fourth-order valence-corrected chi connectivity index (χ4v) is 3.97. The second-order valence-corrected chi connectivity index (χ2v) is 6.45. The van der Waals surface area contributed by atoms with Crippen molar-refractivity contribution >= 4 is 32.7 Å². The summed E-state index contributed by atoms with van der Waals surface area (Å²) >= 11 is 1.53. The summed E-state index contributed by atoms with van der Waals surface area (Å²) in [6, 6.07) is 2.17. The summed E-state index contributed by atoms with van der Waals surface area (Å²) in [6.45, 7) is 5.36. The smallest absolute Gasteiger partial charge is 0.232 e. The third-order valence-electron chi connectivity index (χ3n) is 4.05. The number of fused-ring (bicyclic) bond motifs is 1. The zero-order valence-corrected chi connectivity index (χ0v) is 11.7. The van der Waals surface area contributed by atoms with Gasteiger partial charge in [0.15, 0.2) is 10.8 Å². The van der Waals surface area contributed by atoms with E-state index in [-0.39, 0.29) is 11.3 Å². The molecule has 4 heterocycles. The van der Waals surface area contributed by atoms with Crippen molar-refractivity contribution in [3.8, 4) is 0 Å². The van der Waals surface area contributed by atoms with E-state index >= 15 is 0 Å². The molecule has 0 aliphatic carbocycles. The molecule has 1 unspecified atom stereocenters. The highest BCUT2D eigenvalue weighted by molar-refractivity contribution is 7.22. The molecule has 2 aromatic heterocycles. The van der Waals surface area contributed by atoms with E-state index in [1.54, 1.807) is 6.07 Å². The summed E-state index contributed by atoms with van der Waals surface area (Å²) < 4.78 is 8.53. The Morgan fingerprint density at radius 1 is 1.60 bits per heavy atom. The molecule has 0 radical (unpaired) electrons. The average Bonchev–Trinajstić information content (AvgIpc) is 3.08. The monoisotopic (exact) mass is 288 g/mol. The first kappa shape index (κ1) is 10.8. The SMILES string of the molecule is [3H]c1cnc2nc(N3CCC4(CC(=C)NC4=O)C3)sc2c1. The fraction of sp³-hybridized carbons (Fsp3) is 0.357. The van der Waals surface area contributed by atoms with Gasteiger partial charge in [-0.05, 0) is 18.5 Å². The highest BCUT2D eigenvalue weighted by Gasteiger charge is 2.49. The molecule has 2 aromatic rings. The summed E-state index contributed by atoms with van der Waals surface area (Å²) in [5.74, 6) is 0.0858. The number of nitrogens with one attached hydrogen (secondary N) is 1. The van der Waals surface area contributed by atoms with Crippen LogP contribution in [-0.2, 0) is 4.79 Å². The van der Waals surface area contributed by atoms with Crippen molar-refractivity contribution in [3.63, 3.8) is 0 Å². The van der Waals surface area contributed by atoms with Gasteiger partial charge in [-0.3, -0.25) is 4.79 Å². The molecule has 1 atom stereocenters. The topological polar surface area (TPSA) is 58.1 Å². The third kappa shape index (κ3) is 1.64. The minimum atomic E-state index is -0.344. The molecule has 2 saturated heterocycles. The van der Waals surface area contributed by atoms with E-state index in [9.17, 15) is 4.79 Å². The number of rotatable bonds is 1. The fourth-order valence-electron chi connectivity index (χ4n) is 3.04. The highest BCUT2D eigenvalue weighted by Crippen LogP contribution is 2.43. The number of allylic oxidation sites excluding steroid dienone is 1. The van der Waals surface area contributed by atoms with Gasteiger partial charge in [0.25, 0.3) is 0 Å². The van der Waals surface area contributed by atoms with Crippen molar-refractivity contribution < 1.29 is 6.17 Å². The molecule has 4 rings (SSSR count). The Labute approximate surface area is 121 Å². The average molecular weight is 288 g/mol. The van der Waals surface area contributed by atoms with E-state index in [2.05, 4.69) is 26.8 Å². The van der Waals surface area contributed by atoms with Gasteiger partial charge < -0.3 is 10.2 Å². The van der Waals surface area contributed by atoms with Crippen LogP contribution in [0.3, 0.4) is 0 Å². The lowest BCUT2D eigenvalue weighted by Gasteiger charge is -2.19. The maximum Gasteiger partial charge on any atom is 0.232 e. The number of aromatic nitrogens is 2. The zero-order valence-electron chi connectivity index (χ0n) is 11.8. The molecule has 0 saturated carbocycles. The van der Waals surface area contributed by atoms with Crippen LogP contribution in [-0.4, -0.2) is 29.0 Å². The van der Waals surface area contributed by atoms with Crippen molar-refractivity contribution in [3.05, 3.63) is 30.6 Å². The summed E-state index contributed by atoms with van der Waals surface area (Å²) in [5, 5.41) is 3.72. The number of thiazole rings is 1. The van der Waals surface area contributed by atoms with Gasteiger partial charge in [-0.25, -0.2) is 4.98 Å². The van der Waals surface area contributed by atoms with Crippen LogP contribution in [0.1, 0.15) is 14.2 Å². The van der Waals surface area contributed by atoms with Gasteiger partial charge in [0.2, 0.25) is 5.91 Å². The van der Waals surface area contributed by atoms with Gasteiger partial charge >= 0.3 is 0 Å². The van der Waals surface area contributed by atoms with E-state index in [0.29, 0.717) is 24.7 Å². The molecule has 102 valence electrons. The maximum absolute atomic E-state index is 12.1. The Morgan fingerprint density at radius 2 is 2.50 bits per heavy atom. The molecule has 1 N–H and O–H groups in total. The molecule has 5 nitrogen and oxygen atoms in total. The van der Waals surface area contributed by atoms with Crippen molar-refractivity contribution in [2.45, 2.75) is 12.8 Å². The first-order valence-electron chi connectivity index (χ1n) is 7.03. The molecule has 2 aliphatic rings. The van der Waals surface area contributed by atoms with Crippen molar-refractivity contribution in [1.29, 1.82) is 0 Å². The predicted octanol–water partition coefficient (Wildman–Crippen LogP) is 1.92. The second kappa shape index (κ2) is 4.02. The Morgan fingerprint density at radius 3 is 3.30 bits per heavy atom. The number of nitrogens with zero attached hydrogens (tertiary/aromatic N) is 3. The van der Waals surface area contributed by atoms with Crippen molar-refractivity contribution in [1.82, 2.24) is 15.3 Å². The number of hydrogen-bond acceptors (Lipinski definition) is 5. The number of carbonyl (C=O) groups is 1. The third-order valence-corrected chi connectivity index (χ3v) is 5.10. The van der Waals surface area contributed by atoms with Gasteiger partial charge in [0, 0.05) is 31.4 Å². The molecule has 1 amide bonds. The molecule has 6 heteroatoms. The molecule has 0 aromatic carbocycles. The predicted molar refractivity (Wildman–Crippen MR) is 78.6 cm³/mol. The van der Waals surface area contributed by atoms with Crippen LogP contribution >= 0.6 is 11.3 Å². The zero-order chi connectivity index (χ0) is 14.6. The van der Waals surface area contributed by atoms with Crippen molar-refractivity contribution in [2.24, 2.45) is 5.41 Å². The lowest BCUT2D eigenvalue weighted by Crippen LogP contribution is -2.34. The van der Waals surface area contributed by atoms with E-state index in [4.69, 9.17) is 1.37 Å². The number of carbonyl (C=O) groups excluding carboxylic acids is 1. The normalized spacial score (nSPS) is 26.6. The van der Waals surface area contributed by atoms with Gasteiger partial charge in [0.05, 0.1) is 11.5 Å². The summed E-state index contributed by atoms with van der Waals surface area (Å²) in [6.07, 6.45) is 3.04. The van der Waals surface area contributed by atoms with E-state index in [1.807, 2.05) is 0 Å². The first-order chi connectivity index (χ1) is 10.1. The van der Waals surface area contributed by atoms with Crippen LogP contribution in [0.2, 0.25) is 0 Å². The lowest BCUT2D eigenvalue weighted by atomic mass is 9.85. The van der Waals surface area contributed by atoms with Crippen LogP contribution in [0.25, 0.3) is 10.3 Å². The summed E-state index contributed by atoms with van der Waals surface area (Å²) in [4.78, 5) is 23.0. The quantitative estimate of drug-likeness (QED) is 0.871. The largest absolute Gasteiger partial charge is 0.347 e. The Hall–Kier alpha value is -1.95. The number of pyridine rings is 1. The van der Waals surface area contributed by atoms with Crippen LogP contribution in [0.5, 0.6) is 0 Å². The van der Waals surface area contributed by atoms with Gasteiger partial charge in [-0.15, -0.1) is 0 Å².